The van der Waals surface area contributed by atoms with Gasteiger partial charge in [-0.15, -0.1) is 0 Å². The molecule has 0 saturated heterocycles. The zero-order chi connectivity index (χ0) is 11.7. The van der Waals surface area contributed by atoms with Gasteiger partial charge < -0.3 is 0 Å². The van der Waals surface area contributed by atoms with E-state index in [0.717, 1.165) is 4.68 Å². The monoisotopic (exact) mass is 244 g/mol. The molecule has 0 aliphatic rings. The molecule has 0 amide bonds. The van der Waals surface area contributed by atoms with Crippen LogP contribution in [0.4, 0.5) is 8.78 Å². The van der Waals surface area contributed by atoms with Crippen molar-refractivity contribution in [3.05, 3.63) is 35.0 Å². The minimum Gasteiger partial charge on any atom is -0.224 e. The number of rotatable bonds is 2. The predicted octanol–water partition coefficient (Wildman–Crippen LogP) is 2.56. The van der Waals surface area contributed by atoms with Gasteiger partial charge in [-0.1, -0.05) is 11.6 Å². The van der Waals surface area contributed by atoms with E-state index in [9.17, 15) is 8.78 Å². The Morgan fingerprint density at radius 2 is 2.06 bits per heavy atom. The smallest absolute Gasteiger partial charge is 0.224 e. The third-order valence-corrected chi connectivity index (χ3v) is 2.13. The Kier molecular flexibility index (Phi) is 2.82. The molecule has 0 spiro atoms. The fraction of sp³-hybridized carbons (Fsp3) is 0.222. The van der Waals surface area contributed by atoms with Crippen molar-refractivity contribution in [2.24, 2.45) is 0 Å². The molecule has 0 aliphatic heterocycles. The van der Waals surface area contributed by atoms with Crippen molar-refractivity contribution in [3.8, 4) is 5.82 Å². The van der Waals surface area contributed by atoms with Crippen LogP contribution >= 0.6 is 11.6 Å². The van der Waals surface area contributed by atoms with Crippen LogP contribution in [0.25, 0.3) is 5.82 Å². The summed E-state index contributed by atoms with van der Waals surface area (Å²) in [7, 11) is 0. The first kappa shape index (κ1) is 10.9. The topological polar surface area (TPSA) is 43.6 Å². The third-order valence-electron chi connectivity index (χ3n) is 1.92. The fourth-order valence-corrected chi connectivity index (χ4v) is 1.44. The van der Waals surface area contributed by atoms with E-state index < -0.39 is 6.43 Å². The lowest BCUT2D eigenvalue weighted by Crippen LogP contribution is -2.05. The van der Waals surface area contributed by atoms with Crippen molar-refractivity contribution in [3.63, 3.8) is 0 Å². The zero-order valence-corrected chi connectivity index (χ0v) is 8.99. The van der Waals surface area contributed by atoms with Gasteiger partial charge in [0, 0.05) is 6.07 Å². The summed E-state index contributed by atoms with van der Waals surface area (Å²) >= 11 is 5.65. The SMILES string of the molecule is Cc1cc(C(F)F)n(-c2cc(Cl)ncn2)n1. The molecule has 0 unspecified atom stereocenters. The molecule has 84 valence electrons. The summed E-state index contributed by atoms with van der Waals surface area (Å²) in [6.07, 6.45) is -1.42. The minimum absolute atomic E-state index is 0.179. The molecule has 0 fully saturated rings. The molecule has 0 atom stereocenters. The Morgan fingerprint density at radius 3 is 2.69 bits per heavy atom. The predicted molar refractivity (Wildman–Crippen MR) is 53.9 cm³/mol. The molecular formula is C9H7ClF2N4. The quantitative estimate of drug-likeness (QED) is 0.763. The van der Waals surface area contributed by atoms with Crippen LogP contribution in [0.15, 0.2) is 18.5 Å². The van der Waals surface area contributed by atoms with Gasteiger partial charge >= 0.3 is 0 Å². The van der Waals surface area contributed by atoms with Gasteiger partial charge in [0.2, 0.25) is 0 Å². The second-order valence-corrected chi connectivity index (χ2v) is 3.51. The standard InChI is InChI=1S/C9H7ClF2N4/c1-5-2-6(9(11)12)16(15-5)8-3-7(10)13-4-14-8/h2-4,9H,1H3. The lowest BCUT2D eigenvalue weighted by Gasteiger charge is -2.04. The van der Waals surface area contributed by atoms with E-state index in [4.69, 9.17) is 11.6 Å². The van der Waals surface area contributed by atoms with E-state index in [-0.39, 0.29) is 16.7 Å². The van der Waals surface area contributed by atoms with Crippen LogP contribution in [0.3, 0.4) is 0 Å². The summed E-state index contributed by atoms with van der Waals surface area (Å²) in [5.74, 6) is 0.225. The number of aryl methyl sites for hydroxylation is 1. The van der Waals surface area contributed by atoms with Crippen LogP contribution in [0.1, 0.15) is 17.8 Å². The zero-order valence-electron chi connectivity index (χ0n) is 8.23. The summed E-state index contributed by atoms with van der Waals surface area (Å²) in [5.41, 5.74) is 0.275. The highest BCUT2D eigenvalue weighted by molar-refractivity contribution is 6.29. The number of aromatic nitrogens is 4. The number of nitrogens with zero attached hydrogens (tertiary/aromatic N) is 4. The molecule has 0 N–H and O–H groups in total. The molecule has 2 heterocycles. The first-order chi connectivity index (χ1) is 7.58. The lowest BCUT2D eigenvalue weighted by atomic mass is 10.4. The lowest BCUT2D eigenvalue weighted by molar-refractivity contribution is 0.142. The van der Waals surface area contributed by atoms with Gasteiger partial charge in [-0.2, -0.15) is 5.10 Å². The highest BCUT2D eigenvalue weighted by Gasteiger charge is 2.17. The molecule has 0 saturated carbocycles. The van der Waals surface area contributed by atoms with Crippen molar-refractivity contribution in [2.75, 3.05) is 0 Å². The van der Waals surface area contributed by atoms with Gasteiger partial charge in [0.1, 0.15) is 17.2 Å². The van der Waals surface area contributed by atoms with Crippen molar-refractivity contribution in [1.82, 2.24) is 19.7 Å². The molecule has 2 aromatic rings. The number of alkyl halides is 2. The van der Waals surface area contributed by atoms with Crippen molar-refractivity contribution < 1.29 is 8.78 Å². The summed E-state index contributed by atoms with van der Waals surface area (Å²) in [6, 6.07) is 2.68. The van der Waals surface area contributed by atoms with Gasteiger partial charge in [-0.3, -0.25) is 0 Å². The molecule has 0 aliphatic carbocycles. The number of halogens is 3. The van der Waals surface area contributed by atoms with Gasteiger partial charge in [-0.05, 0) is 13.0 Å². The number of hydrogen-bond acceptors (Lipinski definition) is 3. The van der Waals surface area contributed by atoms with E-state index in [1.165, 1.54) is 18.5 Å². The molecule has 7 heteroatoms. The van der Waals surface area contributed by atoms with E-state index in [2.05, 4.69) is 15.1 Å². The third kappa shape index (κ3) is 2.01. The first-order valence-electron chi connectivity index (χ1n) is 4.40. The van der Waals surface area contributed by atoms with Crippen molar-refractivity contribution in [2.45, 2.75) is 13.3 Å². The summed E-state index contributed by atoms with van der Waals surface area (Å²) in [4.78, 5) is 7.51. The molecule has 0 radical (unpaired) electrons. The summed E-state index contributed by atoms with van der Waals surface area (Å²) in [6.45, 7) is 1.63. The number of hydrogen-bond donors (Lipinski definition) is 0. The van der Waals surface area contributed by atoms with E-state index in [1.54, 1.807) is 6.92 Å². The molecule has 2 aromatic heterocycles. The van der Waals surface area contributed by atoms with Crippen LogP contribution in [0, 0.1) is 6.92 Å². The highest BCUT2D eigenvalue weighted by Crippen LogP contribution is 2.22. The fourth-order valence-electron chi connectivity index (χ4n) is 1.30. The second-order valence-electron chi connectivity index (χ2n) is 3.12. The maximum Gasteiger partial charge on any atom is 0.280 e. The molecule has 0 aromatic carbocycles. The highest BCUT2D eigenvalue weighted by atomic mass is 35.5. The Balaban J connectivity index is 2.55. The maximum absolute atomic E-state index is 12.7. The van der Waals surface area contributed by atoms with Gasteiger partial charge in [0.05, 0.1) is 5.69 Å². The van der Waals surface area contributed by atoms with Gasteiger partial charge in [0.15, 0.2) is 5.82 Å². The van der Waals surface area contributed by atoms with E-state index in [0.29, 0.717) is 5.69 Å². The maximum atomic E-state index is 12.7. The van der Waals surface area contributed by atoms with Crippen molar-refractivity contribution >= 4 is 11.6 Å². The molecule has 4 nitrogen and oxygen atoms in total. The largest absolute Gasteiger partial charge is 0.280 e. The van der Waals surface area contributed by atoms with Crippen molar-refractivity contribution in [1.29, 1.82) is 0 Å². The van der Waals surface area contributed by atoms with Crippen LogP contribution in [0.5, 0.6) is 0 Å². The Morgan fingerprint density at radius 1 is 1.31 bits per heavy atom. The first-order valence-corrected chi connectivity index (χ1v) is 4.78. The Bertz CT molecular complexity index is 512. The summed E-state index contributed by atoms with van der Waals surface area (Å²) in [5, 5.41) is 4.11. The summed E-state index contributed by atoms with van der Waals surface area (Å²) < 4.78 is 26.4. The molecule has 16 heavy (non-hydrogen) atoms. The second kappa shape index (κ2) is 4.13. The molecule has 2 rings (SSSR count). The van der Waals surface area contributed by atoms with Gasteiger partial charge in [-0.25, -0.2) is 23.4 Å². The molecule has 0 bridgehead atoms. The Labute approximate surface area is 94.9 Å². The van der Waals surface area contributed by atoms with Gasteiger partial charge in [0.25, 0.3) is 6.43 Å². The Hall–Kier alpha value is -1.56. The van der Waals surface area contributed by atoms with Crippen LogP contribution < -0.4 is 0 Å². The van der Waals surface area contributed by atoms with E-state index in [1.807, 2.05) is 0 Å². The normalized spacial score (nSPS) is 11.1. The average Bonchev–Trinajstić information content (AvgIpc) is 2.60. The van der Waals surface area contributed by atoms with E-state index >= 15 is 0 Å². The molecular weight excluding hydrogens is 238 g/mol. The van der Waals surface area contributed by atoms with Crippen LogP contribution in [-0.2, 0) is 0 Å². The minimum atomic E-state index is -2.62. The van der Waals surface area contributed by atoms with Crippen LogP contribution in [-0.4, -0.2) is 19.7 Å². The average molecular weight is 245 g/mol. The van der Waals surface area contributed by atoms with Crippen LogP contribution in [0.2, 0.25) is 5.15 Å².